The van der Waals surface area contributed by atoms with Crippen LogP contribution in [0.3, 0.4) is 0 Å². The molecule has 0 amide bonds. The molecule has 6 nitrogen and oxygen atoms in total. The first kappa shape index (κ1) is 17.3. The fourth-order valence-corrected chi connectivity index (χ4v) is 2.97. The van der Waals surface area contributed by atoms with E-state index in [1.54, 1.807) is 12.1 Å². The summed E-state index contributed by atoms with van der Waals surface area (Å²) in [7, 11) is -3.31. The van der Waals surface area contributed by atoms with Gasteiger partial charge in [0, 0.05) is 12.6 Å². The van der Waals surface area contributed by atoms with Gasteiger partial charge in [0.1, 0.15) is 0 Å². The SMILES string of the molecule is CCNC(=NCc1ccccc1NS(C)(=O)=O)NC1CC=CC1. The number of sulfonamides is 1. The number of hydrogen-bond acceptors (Lipinski definition) is 3. The van der Waals surface area contributed by atoms with E-state index in [2.05, 4.69) is 32.5 Å². The molecular formula is C16H24N4O2S. The van der Waals surface area contributed by atoms with E-state index in [1.807, 2.05) is 19.1 Å². The first-order valence-electron chi connectivity index (χ1n) is 7.73. The van der Waals surface area contributed by atoms with Crippen LogP contribution in [0.5, 0.6) is 0 Å². The molecule has 0 fully saturated rings. The minimum absolute atomic E-state index is 0.372. The van der Waals surface area contributed by atoms with Crippen LogP contribution in [-0.4, -0.2) is 33.2 Å². The van der Waals surface area contributed by atoms with E-state index in [4.69, 9.17) is 0 Å². The number of benzene rings is 1. The van der Waals surface area contributed by atoms with E-state index < -0.39 is 10.0 Å². The molecule has 0 saturated carbocycles. The number of aliphatic imine (C=N–C) groups is 1. The molecular weight excluding hydrogens is 312 g/mol. The van der Waals surface area contributed by atoms with Crippen molar-refractivity contribution in [3.8, 4) is 0 Å². The second kappa shape index (κ2) is 8.01. The Balaban J connectivity index is 2.09. The Morgan fingerprint density at radius 3 is 2.61 bits per heavy atom. The van der Waals surface area contributed by atoms with Crippen LogP contribution in [0.15, 0.2) is 41.4 Å². The van der Waals surface area contributed by atoms with Gasteiger partial charge in [0.25, 0.3) is 0 Å². The molecule has 7 heteroatoms. The molecule has 0 unspecified atom stereocenters. The minimum atomic E-state index is -3.31. The summed E-state index contributed by atoms with van der Waals surface area (Å²) in [4.78, 5) is 4.57. The smallest absolute Gasteiger partial charge is 0.229 e. The predicted molar refractivity (Wildman–Crippen MR) is 95.0 cm³/mol. The summed E-state index contributed by atoms with van der Waals surface area (Å²) in [5, 5.41) is 6.61. The van der Waals surface area contributed by atoms with Gasteiger partial charge in [-0.05, 0) is 31.4 Å². The lowest BCUT2D eigenvalue weighted by molar-refractivity contribution is 0.606. The molecule has 23 heavy (non-hydrogen) atoms. The summed E-state index contributed by atoms with van der Waals surface area (Å²) in [6.07, 6.45) is 7.46. The summed E-state index contributed by atoms with van der Waals surface area (Å²) in [5.74, 6) is 0.746. The van der Waals surface area contributed by atoms with Crippen LogP contribution in [0, 0.1) is 0 Å². The zero-order valence-corrected chi connectivity index (χ0v) is 14.4. The Morgan fingerprint density at radius 1 is 1.26 bits per heavy atom. The van der Waals surface area contributed by atoms with Crippen molar-refractivity contribution in [2.24, 2.45) is 4.99 Å². The molecule has 0 bridgehead atoms. The molecule has 1 aromatic rings. The van der Waals surface area contributed by atoms with E-state index in [0.717, 1.165) is 37.2 Å². The number of nitrogens with zero attached hydrogens (tertiary/aromatic N) is 1. The summed E-state index contributed by atoms with van der Waals surface area (Å²) in [6.45, 7) is 3.19. The van der Waals surface area contributed by atoms with Crippen molar-refractivity contribution in [3.05, 3.63) is 42.0 Å². The highest BCUT2D eigenvalue weighted by Gasteiger charge is 2.12. The van der Waals surface area contributed by atoms with Crippen LogP contribution in [0.25, 0.3) is 0 Å². The first-order chi connectivity index (χ1) is 11.0. The molecule has 0 saturated heterocycles. The molecule has 0 aliphatic heterocycles. The topological polar surface area (TPSA) is 82.6 Å². The van der Waals surface area contributed by atoms with Crippen LogP contribution in [0.1, 0.15) is 25.3 Å². The minimum Gasteiger partial charge on any atom is -0.357 e. The zero-order valence-electron chi connectivity index (χ0n) is 13.5. The van der Waals surface area contributed by atoms with Crippen molar-refractivity contribution in [3.63, 3.8) is 0 Å². The van der Waals surface area contributed by atoms with Crippen molar-refractivity contribution < 1.29 is 8.42 Å². The van der Waals surface area contributed by atoms with Crippen molar-refractivity contribution in [2.75, 3.05) is 17.5 Å². The Kier molecular flexibility index (Phi) is 6.04. The van der Waals surface area contributed by atoms with Crippen LogP contribution in [0.2, 0.25) is 0 Å². The maximum atomic E-state index is 11.4. The van der Waals surface area contributed by atoms with Crippen LogP contribution >= 0.6 is 0 Å². The fraction of sp³-hybridized carbons (Fsp3) is 0.438. The van der Waals surface area contributed by atoms with Gasteiger partial charge in [0.05, 0.1) is 18.5 Å². The van der Waals surface area contributed by atoms with Crippen LogP contribution in [0.4, 0.5) is 5.69 Å². The monoisotopic (exact) mass is 336 g/mol. The molecule has 0 heterocycles. The van der Waals surface area contributed by atoms with Gasteiger partial charge in [-0.15, -0.1) is 0 Å². The maximum Gasteiger partial charge on any atom is 0.229 e. The quantitative estimate of drug-likeness (QED) is 0.420. The molecule has 1 aromatic carbocycles. The molecule has 1 aliphatic rings. The molecule has 0 atom stereocenters. The fourth-order valence-electron chi connectivity index (χ4n) is 2.37. The van der Waals surface area contributed by atoms with E-state index in [1.165, 1.54) is 0 Å². The highest BCUT2D eigenvalue weighted by atomic mass is 32.2. The molecule has 3 N–H and O–H groups in total. The summed E-state index contributed by atoms with van der Waals surface area (Å²) in [6, 6.07) is 7.66. The first-order valence-corrected chi connectivity index (χ1v) is 9.62. The Labute approximate surface area is 138 Å². The number of para-hydroxylation sites is 1. The molecule has 126 valence electrons. The summed E-state index contributed by atoms with van der Waals surface area (Å²) in [5.41, 5.74) is 1.40. The largest absolute Gasteiger partial charge is 0.357 e. The number of rotatable bonds is 6. The average Bonchev–Trinajstić information content (AvgIpc) is 2.98. The lowest BCUT2D eigenvalue weighted by Gasteiger charge is -2.17. The number of anilines is 1. The van der Waals surface area contributed by atoms with Gasteiger partial charge in [0.15, 0.2) is 5.96 Å². The van der Waals surface area contributed by atoms with Gasteiger partial charge in [-0.3, -0.25) is 4.72 Å². The Bertz CT molecular complexity index is 675. The van der Waals surface area contributed by atoms with E-state index >= 15 is 0 Å². The summed E-state index contributed by atoms with van der Waals surface area (Å²) < 4.78 is 25.4. The molecule has 0 radical (unpaired) electrons. The van der Waals surface area contributed by atoms with Gasteiger partial charge in [-0.2, -0.15) is 0 Å². The Morgan fingerprint density at radius 2 is 1.96 bits per heavy atom. The van der Waals surface area contributed by atoms with Crippen molar-refractivity contribution in [1.29, 1.82) is 0 Å². The van der Waals surface area contributed by atoms with E-state index in [-0.39, 0.29) is 0 Å². The zero-order chi connectivity index (χ0) is 16.7. The van der Waals surface area contributed by atoms with Crippen LogP contribution < -0.4 is 15.4 Å². The van der Waals surface area contributed by atoms with Gasteiger partial charge >= 0.3 is 0 Å². The third kappa shape index (κ3) is 5.94. The third-order valence-electron chi connectivity index (χ3n) is 3.41. The highest BCUT2D eigenvalue weighted by Crippen LogP contribution is 2.17. The average molecular weight is 336 g/mol. The van der Waals surface area contributed by atoms with Gasteiger partial charge in [-0.25, -0.2) is 13.4 Å². The molecule has 1 aliphatic carbocycles. The van der Waals surface area contributed by atoms with Gasteiger partial charge in [-0.1, -0.05) is 30.4 Å². The Hall–Kier alpha value is -2.02. The molecule has 0 aromatic heterocycles. The molecule has 0 spiro atoms. The lowest BCUT2D eigenvalue weighted by atomic mass is 10.2. The van der Waals surface area contributed by atoms with Crippen LogP contribution in [-0.2, 0) is 16.6 Å². The van der Waals surface area contributed by atoms with Crippen molar-refractivity contribution in [1.82, 2.24) is 10.6 Å². The second-order valence-electron chi connectivity index (χ2n) is 5.51. The van der Waals surface area contributed by atoms with Crippen molar-refractivity contribution in [2.45, 2.75) is 32.4 Å². The lowest BCUT2D eigenvalue weighted by Crippen LogP contribution is -2.42. The highest BCUT2D eigenvalue weighted by molar-refractivity contribution is 7.92. The maximum absolute atomic E-state index is 11.4. The number of hydrogen-bond donors (Lipinski definition) is 3. The third-order valence-corrected chi connectivity index (χ3v) is 4.00. The van der Waals surface area contributed by atoms with E-state index in [0.29, 0.717) is 18.3 Å². The van der Waals surface area contributed by atoms with E-state index in [9.17, 15) is 8.42 Å². The van der Waals surface area contributed by atoms with Crippen molar-refractivity contribution >= 4 is 21.7 Å². The summed E-state index contributed by atoms with van der Waals surface area (Å²) >= 11 is 0. The standard InChI is InChI=1S/C16H24N4O2S/c1-3-17-16(19-14-9-5-6-10-14)18-12-13-8-4-7-11-15(13)20-23(2,21)22/h4-8,11,14,20H,3,9-10,12H2,1-2H3,(H2,17,18,19). The second-order valence-corrected chi connectivity index (χ2v) is 7.26. The predicted octanol–water partition coefficient (Wildman–Crippen LogP) is 1.83. The molecule has 2 rings (SSSR count). The van der Waals surface area contributed by atoms with Gasteiger partial charge < -0.3 is 10.6 Å². The normalized spacial score (nSPS) is 15.7. The van der Waals surface area contributed by atoms with Gasteiger partial charge in [0.2, 0.25) is 10.0 Å². The number of nitrogens with one attached hydrogen (secondary N) is 3. The number of guanidine groups is 1.